The highest BCUT2D eigenvalue weighted by atomic mass is 14.9. The van der Waals surface area contributed by atoms with Gasteiger partial charge >= 0.3 is 0 Å². The molecule has 0 radical (unpaired) electrons. The zero-order chi connectivity index (χ0) is 15.8. The van der Waals surface area contributed by atoms with Gasteiger partial charge < -0.3 is 4.98 Å². The second kappa shape index (κ2) is 5.40. The van der Waals surface area contributed by atoms with Gasteiger partial charge in [-0.05, 0) is 46.9 Å². The zero-order valence-corrected chi connectivity index (χ0v) is 13.3. The largest absolute Gasteiger partial charge is 0.345 e. The van der Waals surface area contributed by atoms with E-state index < -0.39 is 0 Å². The molecule has 1 aromatic heterocycles. The van der Waals surface area contributed by atoms with Gasteiger partial charge in [-0.15, -0.1) is 0 Å². The summed E-state index contributed by atoms with van der Waals surface area (Å²) in [7, 11) is 0. The molecule has 0 aliphatic heterocycles. The Bertz CT molecular complexity index is 968. The SMILES string of the molecule is Cc1cccc2c(-c3ncc[nH]3)c(-c3ccccc3)cc(C)c12. The van der Waals surface area contributed by atoms with Crippen LogP contribution in [0, 0.1) is 13.8 Å². The van der Waals surface area contributed by atoms with E-state index in [1.807, 2.05) is 18.5 Å². The molecule has 0 amide bonds. The first kappa shape index (κ1) is 13.8. The van der Waals surface area contributed by atoms with Gasteiger partial charge in [0.1, 0.15) is 5.82 Å². The van der Waals surface area contributed by atoms with Crippen LogP contribution in [0.15, 0.2) is 67.0 Å². The molecular formula is C21H18N2. The summed E-state index contributed by atoms with van der Waals surface area (Å²) >= 11 is 0. The molecule has 3 aromatic carbocycles. The number of hydrogen-bond acceptors (Lipinski definition) is 1. The number of imidazole rings is 1. The summed E-state index contributed by atoms with van der Waals surface area (Å²) < 4.78 is 0. The van der Waals surface area contributed by atoms with E-state index in [0.717, 1.165) is 5.82 Å². The maximum atomic E-state index is 4.53. The molecule has 0 atom stereocenters. The average Bonchev–Trinajstić information content (AvgIpc) is 3.09. The molecule has 2 heteroatoms. The van der Waals surface area contributed by atoms with Crippen LogP contribution in [0.25, 0.3) is 33.3 Å². The molecule has 0 aliphatic carbocycles. The van der Waals surface area contributed by atoms with Crippen molar-refractivity contribution >= 4 is 10.8 Å². The smallest absolute Gasteiger partial charge is 0.138 e. The number of rotatable bonds is 2. The van der Waals surface area contributed by atoms with E-state index >= 15 is 0 Å². The van der Waals surface area contributed by atoms with Gasteiger partial charge in [-0.3, -0.25) is 0 Å². The van der Waals surface area contributed by atoms with Crippen molar-refractivity contribution in [1.29, 1.82) is 0 Å². The molecule has 4 rings (SSSR count). The molecular weight excluding hydrogens is 280 g/mol. The molecule has 2 nitrogen and oxygen atoms in total. The number of aryl methyl sites for hydroxylation is 2. The lowest BCUT2D eigenvalue weighted by Crippen LogP contribution is -1.93. The van der Waals surface area contributed by atoms with Gasteiger partial charge in [-0.2, -0.15) is 0 Å². The average molecular weight is 298 g/mol. The lowest BCUT2D eigenvalue weighted by atomic mass is 9.89. The van der Waals surface area contributed by atoms with E-state index in [1.165, 1.54) is 38.6 Å². The van der Waals surface area contributed by atoms with Crippen molar-refractivity contribution < 1.29 is 0 Å². The van der Waals surface area contributed by atoms with Crippen LogP contribution < -0.4 is 0 Å². The minimum absolute atomic E-state index is 0.916. The summed E-state index contributed by atoms with van der Waals surface area (Å²) in [5.41, 5.74) is 6.20. The lowest BCUT2D eigenvalue weighted by Gasteiger charge is -2.16. The maximum Gasteiger partial charge on any atom is 0.138 e. The molecule has 0 aliphatic rings. The van der Waals surface area contributed by atoms with Crippen LogP contribution in [-0.4, -0.2) is 9.97 Å². The lowest BCUT2D eigenvalue weighted by molar-refractivity contribution is 1.31. The van der Waals surface area contributed by atoms with Crippen molar-refractivity contribution in [3.05, 3.63) is 78.1 Å². The van der Waals surface area contributed by atoms with Crippen LogP contribution in [-0.2, 0) is 0 Å². The predicted octanol–water partition coefficient (Wildman–Crippen LogP) is 5.51. The van der Waals surface area contributed by atoms with E-state index in [0.29, 0.717) is 0 Å². The minimum atomic E-state index is 0.916. The van der Waals surface area contributed by atoms with Gasteiger partial charge in [0.05, 0.1) is 0 Å². The number of fused-ring (bicyclic) bond motifs is 1. The first-order chi connectivity index (χ1) is 11.3. The highest BCUT2D eigenvalue weighted by Crippen LogP contribution is 2.39. The van der Waals surface area contributed by atoms with Crippen LogP contribution in [0.2, 0.25) is 0 Å². The maximum absolute atomic E-state index is 4.53. The highest BCUT2D eigenvalue weighted by molar-refractivity contribution is 6.05. The second-order valence-electron chi connectivity index (χ2n) is 5.92. The van der Waals surface area contributed by atoms with Crippen LogP contribution in [0.5, 0.6) is 0 Å². The molecule has 0 bridgehead atoms. The second-order valence-corrected chi connectivity index (χ2v) is 5.92. The standard InChI is InChI=1S/C21H18N2/c1-14-7-6-10-17-19(14)15(2)13-18(16-8-4-3-5-9-16)20(17)21-22-11-12-23-21/h3-13H,1-2H3,(H,22,23). The Morgan fingerprint density at radius 1 is 0.870 bits per heavy atom. The molecule has 0 spiro atoms. The van der Waals surface area contributed by atoms with Crippen molar-refractivity contribution in [3.63, 3.8) is 0 Å². The first-order valence-corrected chi connectivity index (χ1v) is 7.84. The number of aromatic amines is 1. The number of H-pyrrole nitrogens is 1. The Hall–Kier alpha value is -2.87. The van der Waals surface area contributed by atoms with Crippen LogP contribution in [0.3, 0.4) is 0 Å². The summed E-state index contributed by atoms with van der Waals surface area (Å²) in [4.78, 5) is 7.81. The van der Waals surface area contributed by atoms with E-state index in [1.54, 1.807) is 0 Å². The predicted molar refractivity (Wildman–Crippen MR) is 96.4 cm³/mol. The third-order valence-corrected chi connectivity index (χ3v) is 4.39. The van der Waals surface area contributed by atoms with Gasteiger partial charge in [-0.1, -0.05) is 54.6 Å². The van der Waals surface area contributed by atoms with Crippen LogP contribution in [0.4, 0.5) is 0 Å². The Kier molecular flexibility index (Phi) is 3.23. The van der Waals surface area contributed by atoms with Crippen molar-refractivity contribution in [3.8, 4) is 22.5 Å². The van der Waals surface area contributed by atoms with Gasteiger partial charge in [0.15, 0.2) is 0 Å². The van der Waals surface area contributed by atoms with Gasteiger partial charge in [0.2, 0.25) is 0 Å². The monoisotopic (exact) mass is 298 g/mol. The summed E-state index contributed by atoms with van der Waals surface area (Å²) in [6.45, 7) is 4.36. The summed E-state index contributed by atoms with van der Waals surface area (Å²) in [5, 5.41) is 2.57. The van der Waals surface area contributed by atoms with Crippen molar-refractivity contribution in [2.75, 3.05) is 0 Å². The number of aromatic nitrogens is 2. The molecule has 0 saturated carbocycles. The fraction of sp³-hybridized carbons (Fsp3) is 0.0952. The Morgan fingerprint density at radius 3 is 2.43 bits per heavy atom. The third kappa shape index (κ3) is 2.23. The van der Waals surface area contributed by atoms with E-state index in [9.17, 15) is 0 Å². The number of nitrogens with one attached hydrogen (secondary N) is 1. The molecule has 4 aromatic rings. The van der Waals surface area contributed by atoms with Crippen LogP contribution >= 0.6 is 0 Å². The summed E-state index contributed by atoms with van der Waals surface area (Å²) in [6, 6.07) is 19.3. The molecule has 1 heterocycles. The normalized spacial score (nSPS) is 11.0. The summed E-state index contributed by atoms with van der Waals surface area (Å²) in [5.74, 6) is 0.916. The summed E-state index contributed by atoms with van der Waals surface area (Å²) in [6.07, 6.45) is 3.69. The number of nitrogens with zero attached hydrogens (tertiary/aromatic N) is 1. The van der Waals surface area contributed by atoms with Gasteiger partial charge in [0.25, 0.3) is 0 Å². The molecule has 0 saturated heterocycles. The van der Waals surface area contributed by atoms with E-state index in [2.05, 4.69) is 72.3 Å². The molecule has 1 N–H and O–H groups in total. The molecule has 112 valence electrons. The van der Waals surface area contributed by atoms with Gasteiger partial charge in [0, 0.05) is 18.0 Å². The van der Waals surface area contributed by atoms with Gasteiger partial charge in [-0.25, -0.2) is 4.98 Å². The van der Waals surface area contributed by atoms with Crippen LogP contribution in [0.1, 0.15) is 11.1 Å². The molecule has 23 heavy (non-hydrogen) atoms. The minimum Gasteiger partial charge on any atom is -0.345 e. The first-order valence-electron chi connectivity index (χ1n) is 7.84. The fourth-order valence-corrected chi connectivity index (χ4v) is 3.41. The molecule has 0 fully saturated rings. The fourth-order valence-electron chi connectivity index (χ4n) is 3.41. The van der Waals surface area contributed by atoms with Crippen molar-refractivity contribution in [1.82, 2.24) is 9.97 Å². The van der Waals surface area contributed by atoms with Crippen molar-refractivity contribution in [2.45, 2.75) is 13.8 Å². The Morgan fingerprint density at radius 2 is 1.70 bits per heavy atom. The number of hydrogen-bond donors (Lipinski definition) is 1. The quantitative estimate of drug-likeness (QED) is 0.519. The van der Waals surface area contributed by atoms with Crippen molar-refractivity contribution in [2.24, 2.45) is 0 Å². The third-order valence-electron chi connectivity index (χ3n) is 4.39. The number of benzene rings is 3. The zero-order valence-electron chi connectivity index (χ0n) is 13.3. The Labute approximate surface area is 135 Å². The topological polar surface area (TPSA) is 28.7 Å². The van der Waals surface area contributed by atoms with E-state index in [4.69, 9.17) is 0 Å². The Balaban J connectivity index is 2.17. The highest BCUT2D eigenvalue weighted by Gasteiger charge is 2.16. The molecule has 0 unspecified atom stereocenters. The van der Waals surface area contributed by atoms with E-state index in [-0.39, 0.29) is 0 Å².